The van der Waals surface area contributed by atoms with Crippen molar-refractivity contribution < 1.29 is 18.0 Å². The van der Waals surface area contributed by atoms with Gasteiger partial charge in [0.2, 0.25) is 5.91 Å². The number of nitrogens with one attached hydrogen (secondary N) is 1. The van der Waals surface area contributed by atoms with Gasteiger partial charge in [-0.15, -0.1) is 0 Å². The molecular formula is C10H9ClF3N3O. The molecule has 8 heteroatoms. The number of aromatic nitrogens is 1. The Bertz CT molecular complexity index is 500. The van der Waals surface area contributed by atoms with E-state index >= 15 is 0 Å². The van der Waals surface area contributed by atoms with Crippen LogP contribution in [-0.2, 0) is 16.4 Å². The van der Waals surface area contributed by atoms with Gasteiger partial charge >= 0.3 is 6.18 Å². The van der Waals surface area contributed by atoms with E-state index in [9.17, 15) is 18.0 Å². The predicted molar refractivity (Wildman–Crippen MR) is 57.5 cm³/mol. The second kappa shape index (κ2) is 4.10. The molecule has 1 aliphatic carbocycles. The Hall–Kier alpha value is -1.34. The first-order valence-electron chi connectivity index (χ1n) is 5.05. The van der Waals surface area contributed by atoms with Crippen molar-refractivity contribution in [3.8, 4) is 0 Å². The molecule has 0 aliphatic heterocycles. The number of rotatable bonds is 2. The van der Waals surface area contributed by atoms with E-state index in [0.717, 1.165) is 6.07 Å². The summed E-state index contributed by atoms with van der Waals surface area (Å²) in [5, 5.41) is -0.175. The molecule has 0 saturated heterocycles. The molecule has 0 unspecified atom stereocenters. The van der Waals surface area contributed by atoms with Crippen molar-refractivity contribution in [3.05, 3.63) is 28.5 Å². The average molecular weight is 280 g/mol. The van der Waals surface area contributed by atoms with Crippen molar-refractivity contribution in [2.24, 2.45) is 5.84 Å². The first-order chi connectivity index (χ1) is 8.31. The van der Waals surface area contributed by atoms with Crippen LogP contribution in [0.2, 0.25) is 5.02 Å². The maximum absolute atomic E-state index is 12.4. The van der Waals surface area contributed by atoms with Gasteiger partial charge in [-0.2, -0.15) is 13.2 Å². The van der Waals surface area contributed by atoms with Gasteiger partial charge in [0.1, 0.15) is 0 Å². The van der Waals surface area contributed by atoms with E-state index in [4.69, 9.17) is 17.4 Å². The molecule has 0 radical (unpaired) electrons. The molecule has 1 aromatic heterocycles. The molecule has 4 nitrogen and oxygen atoms in total. The van der Waals surface area contributed by atoms with Crippen LogP contribution in [0.4, 0.5) is 13.2 Å². The van der Waals surface area contributed by atoms with E-state index in [2.05, 4.69) is 4.98 Å². The molecule has 2 rings (SSSR count). The molecule has 3 N–H and O–H groups in total. The van der Waals surface area contributed by atoms with Crippen LogP contribution in [0, 0.1) is 0 Å². The van der Waals surface area contributed by atoms with Gasteiger partial charge in [-0.05, 0) is 18.9 Å². The maximum atomic E-state index is 12.4. The van der Waals surface area contributed by atoms with Crippen molar-refractivity contribution in [2.45, 2.75) is 24.4 Å². The zero-order valence-corrected chi connectivity index (χ0v) is 9.77. The van der Waals surface area contributed by atoms with Crippen LogP contribution in [0.5, 0.6) is 0 Å². The Morgan fingerprint density at radius 1 is 1.50 bits per heavy atom. The summed E-state index contributed by atoms with van der Waals surface area (Å²) in [5.74, 6) is 4.55. The minimum absolute atomic E-state index is 0.139. The van der Waals surface area contributed by atoms with Crippen molar-refractivity contribution in [1.82, 2.24) is 10.4 Å². The molecule has 0 aromatic carbocycles. The van der Waals surface area contributed by atoms with Crippen molar-refractivity contribution in [1.29, 1.82) is 0 Å². The molecule has 0 spiro atoms. The second-order valence-corrected chi connectivity index (χ2v) is 4.51. The van der Waals surface area contributed by atoms with E-state index in [0.29, 0.717) is 19.0 Å². The lowest BCUT2D eigenvalue weighted by molar-refractivity contribution is -0.137. The molecule has 0 bridgehead atoms. The molecule has 1 aliphatic rings. The quantitative estimate of drug-likeness (QED) is 0.492. The van der Waals surface area contributed by atoms with Crippen LogP contribution in [0.15, 0.2) is 12.3 Å². The lowest BCUT2D eigenvalue weighted by Gasteiger charge is -2.15. The lowest BCUT2D eigenvalue weighted by Crippen LogP contribution is -2.39. The van der Waals surface area contributed by atoms with Crippen LogP contribution in [-0.4, -0.2) is 10.9 Å². The highest BCUT2D eigenvalue weighted by Crippen LogP contribution is 2.50. The number of hydrogen-bond acceptors (Lipinski definition) is 3. The minimum atomic E-state index is -4.51. The van der Waals surface area contributed by atoms with Gasteiger partial charge in [0.15, 0.2) is 0 Å². The SMILES string of the molecule is NNC(=O)C1(c2ncc(C(F)(F)F)cc2Cl)CC1. The van der Waals surface area contributed by atoms with E-state index < -0.39 is 23.1 Å². The predicted octanol–water partition coefficient (Wildman–Crippen LogP) is 1.78. The van der Waals surface area contributed by atoms with Crippen molar-refractivity contribution in [2.75, 3.05) is 0 Å². The highest BCUT2D eigenvalue weighted by molar-refractivity contribution is 6.31. The molecule has 1 heterocycles. The number of carbonyl (C=O) groups is 1. The summed E-state index contributed by atoms with van der Waals surface area (Å²) >= 11 is 5.78. The van der Waals surface area contributed by atoms with Gasteiger partial charge in [-0.3, -0.25) is 15.2 Å². The number of nitrogens with two attached hydrogens (primary N) is 1. The average Bonchev–Trinajstić information content (AvgIpc) is 3.08. The summed E-state index contributed by atoms with van der Waals surface area (Å²) in [6.45, 7) is 0. The number of alkyl halides is 3. The third-order valence-electron chi connectivity index (χ3n) is 2.94. The first kappa shape index (κ1) is 13.1. The largest absolute Gasteiger partial charge is 0.417 e. The zero-order valence-electron chi connectivity index (χ0n) is 9.01. The van der Waals surface area contributed by atoms with Crippen LogP contribution >= 0.6 is 11.6 Å². The lowest BCUT2D eigenvalue weighted by atomic mass is 10.00. The molecule has 18 heavy (non-hydrogen) atoms. The molecule has 1 aromatic rings. The second-order valence-electron chi connectivity index (χ2n) is 4.11. The smallest absolute Gasteiger partial charge is 0.293 e. The van der Waals surface area contributed by atoms with E-state index in [1.165, 1.54) is 0 Å². The first-order valence-corrected chi connectivity index (χ1v) is 5.43. The van der Waals surface area contributed by atoms with Gasteiger partial charge in [0.25, 0.3) is 0 Å². The summed E-state index contributed by atoms with van der Waals surface area (Å²) < 4.78 is 37.3. The fourth-order valence-corrected chi connectivity index (χ4v) is 2.13. The Kier molecular flexibility index (Phi) is 2.98. The van der Waals surface area contributed by atoms with Gasteiger partial charge in [-0.1, -0.05) is 11.6 Å². The molecule has 1 amide bonds. The highest BCUT2D eigenvalue weighted by atomic mass is 35.5. The Balaban J connectivity index is 2.40. The third kappa shape index (κ3) is 2.04. The van der Waals surface area contributed by atoms with Crippen LogP contribution in [0.1, 0.15) is 24.1 Å². The van der Waals surface area contributed by atoms with Gasteiger partial charge in [0, 0.05) is 6.20 Å². The summed E-state index contributed by atoms with van der Waals surface area (Å²) in [4.78, 5) is 15.3. The summed E-state index contributed by atoms with van der Waals surface area (Å²) in [6, 6.07) is 0.772. The molecular weight excluding hydrogens is 271 g/mol. The highest BCUT2D eigenvalue weighted by Gasteiger charge is 2.53. The summed E-state index contributed by atoms with van der Waals surface area (Å²) in [5.41, 5.74) is 0.197. The number of pyridine rings is 1. The summed E-state index contributed by atoms with van der Waals surface area (Å²) in [6.07, 6.45) is -2.91. The Morgan fingerprint density at radius 3 is 2.50 bits per heavy atom. The Morgan fingerprint density at radius 2 is 2.11 bits per heavy atom. The van der Waals surface area contributed by atoms with Crippen molar-refractivity contribution in [3.63, 3.8) is 0 Å². The fraction of sp³-hybridized carbons (Fsp3) is 0.400. The molecule has 0 atom stereocenters. The van der Waals surface area contributed by atoms with Gasteiger partial charge < -0.3 is 0 Å². The van der Waals surface area contributed by atoms with Crippen molar-refractivity contribution >= 4 is 17.5 Å². The summed E-state index contributed by atoms with van der Waals surface area (Å²) in [7, 11) is 0. The zero-order chi connectivity index (χ0) is 13.6. The normalized spacial score (nSPS) is 17.4. The molecule has 1 saturated carbocycles. The Labute approximate surface area is 105 Å². The monoisotopic (exact) mass is 279 g/mol. The van der Waals surface area contributed by atoms with Crippen LogP contribution in [0.3, 0.4) is 0 Å². The fourth-order valence-electron chi connectivity index (χ4n) is 1.78. The standard InChI is InChI=1S/C10H9ClF3N3O/c11-6-3-5(10(12,13)14)4-16-7(6)9(1-2-9)8(18)17-15/h3-4H,1-2,15H2,(H,17,18). The number of carbonyl (C=O) groups excluding carboxylic acids is 1. The van der Waals surface area contributed by atoms with Crippen LogP contribution < -0.4 is 11.3 Å². The minimum Gasteiger partial charge on any atom is -0.293 e. The van der Waals surface area contributed by atoms with Gasteiger partial charge in [0.05, 0.1) is 21.7 Å². The van der Waals surface area contributed by atoms with Crippen LogP contribution in [0.25, 0.3) is 0 Å². The molecule has 98 valence electrons. The van der Waals surface area contributed by atoms with Gasteiger partial charge in [-0.25, -0.2) is 5.84 Å². The number of halogens is 4. The maximum Gasteiger partial charge on any atom is 0.417 e. The number of hydrogen-bond donors (Lipinski definition) is 2. The number of hydrazine groups is 1. The van der Waals surface area contributed by atoms with E-state index in [1.807, 2.05) is 5.43 Å². The van der Waals surface area contributed by atoms with E-state index in [-0.39, 0.29) is 10.7 Å². The number of amides is 1. The molecule has 1 fully saturated rings. The van der Waals surface area contributed by atoms with E-state index in [1.54, 1.807) is 0 Å². The third-order valence-corrected chi connectivity index (χ3v) is 3.23. The topological polar surface area (TPSA) is 68.0 Å². The number of nitrogens with zero attached hydrogens (tertiary/aromatic N) is 1.